The minimum absolute atomic E-state index is 0.356. The molecule has 0 radical (unpaired) electrons. The van der Waals surface area contributed by atoms with Gasteiger partial charge in [-0.05, 0) is 24.3 Å². The maximum atomic E-state index is 14.9. The first-order valence-corrected chi connectivity index (χ1v) is 9.78. The molecule has 0 aliphatic carbocycles. The molecule has 1 aliphatic rings. The highest BCUT2D eigenvalue weighted by Gasteiger charge is 2.17. The second kappa shape index (κ2) is 10.5. The van der Waals surface area contributed by atoms with Crippen molar-refractivity contribution in [1.29, 1.82) is 0 Å². The average molecular weight is 428 g/mol. The minimum Gasteiger partial charge on any atom is -0.461 e. The lowest BCUT2D eigenvalue weighted by molar-refractivity contribution is -0.133. The summed E-state index contributed by atoms with van der Waals surface area (Å²) in [6.45, 7) is 1.68. The molecule has 31 heavy (non-hydrogen) atoms. The normalized spacial score (nSPS) is 14.1. The Morgan fingerprint density at radius 1 is 1.29 bits per heavy atom. The SMILES string of the molecule is CN=NN(C)CC(CN(C)c1ccc(-c2ccc(C3=NOCC3)nc2)c(F)c1)OC=O. The van der Waals surface area contributed by atoms with E-state index in [2.05, 4.69) is 20.5 Å². The number of hydrogen-bond acceptors (Lipinski definition) is 8. The minimum atomic E-state index is -0.458. The predicted molar refractivity (Wildman–Crippen MR) is 114 cm³/mol. The van der Waals surface area contributed by atoms with E-state index in [1.165, 1.54) is 6.07 Å². The Morgan fingerprint density at radius 3 is 2.74 bits per heavy atom. The van der Waals surface area contributed by atoms with Gasteiger partial charge in [-0.15, -0.1) is 0 Å². The molecule has 10 heteroatoms. The maximum Gasteiger partial charge on any atom is 0.293 e. The van der Waals surface area contributed by atoms with Crippen molar-refractivity contribution >= 4 is 17.9 Å². The highest BCUT2D eigenvalue weighted by Crippen LogP contribution is 2.27. The molecule has 0 saturated heterocycles. The van der Waals surface area contributed by atoms with Crippen molar-refractivity contribution in [2.24, 2.45) is 15.5 Å². The van der Waals surface area contributed by atoms with Crippen LogP contribution in [0.4, 0.5) is 10.1 Å². The smallest absolute Gasteiger partial charge is 0.293 e. The molecule has 0 amide bonds. The molecule has 1 atom stereocenters. The summed E-state index contributed by atoms with van der Waals surface area (Å²) in [5, 5.41) is 13.1. The molecule has 1 unspecified atom stereocenters. The zero-order valence-electron chi connectivity index (χ0n) is 17.7. The van der Waals surface area contributed by atoms with Crippen molar-refractivity contribution in [1.82, 2.24) is 9.99 Å². The lowest BCUT2D eigenvalue weighted by Gasteiger charge is -2.26. The Bertz CT molecular complexity index is 951. The van der Waals surface area contributed by atoms with Crippen molar-refractivity contribution in [2.45, 2.75) is 12.5 Å². The number of anilines is 1. The zero-order chi connectivity index (χ0) is 22.2. The Kier molecular flexibility index (Phi) is 7.47. The molecule has 0 bridgehead atoms. The Balaban J connectivity index is 1.70. The van der Waals surface area contributed by atoms with Crippen LogP contribution in [0, 0.1) is 5.82 Å². The molecule has 2 heterocycles. The lowest BCUT2D eigenvalue weighted by atomic mass is 10.0. The molecule has 1 aliphatic heterocycles. The van der Waals surface area contributed by atoms with Crippen LogP contribution in [0.5, 0.6) is 0 Å². The Hall–Kier alpha value is -3.56. The van der Waals surface area contributed by atoms with Gasteiger partial charge in [0.15, 0.2) is 0 Å². The number of nitrogens with zero attached hydrogens (tertiary/aromatic N) is 6. The first kappa shape index (κ1) is 22.1. The molecule has 1 aromatic heterocycles. The van der Waals surface area contributed by atoms with E-state index in [0.29, 0.717) is 49.4 Å². The van der Waals surface area contributed by atoms with Crippen LogP contribution in [0.25, 0.3) is 11.1 Å². The van der Waals surface area contributed by atoms with Crippen LogP contribution >= 0.6 is 0 Å². The van der Waals surface area contributed by atoms with E-state index in [-0.39, 0.29) is 5.82 Å². The van der Waals surface area contributed by atoms with E-state index in [0.717, 1.165) is 11.4 Å². The number of benzene rings is 1. The van der Waals surface area contributed by atoms with Crippen LogP contribution in [0.3, 0.4) is 0 Å². The molecule has 3 rings (SSSR count). The van der Waals surface area contributed by atoms with Crippen LogP contribution in [0.15, 0.2) is 52.0 Å². The third kappa shape index (κ3) is 5.74. The summed E-state index contributed by atoms with van der Waals surface area (Å²) in [5.41, 5.74) is 3.30. The second-order valence-electron chi connectivity index (χ2n) is 7.08. The van der Waals surface area contributed by atoms with E-state index in [1.807, 2.05) is 23.1 Å². The quantitative estimate of drug-likeness (QED) is 0.328. The summed E-state index contributed by atoms with van der Waals surface area (Å²) in [7, 11) is 5.09. The van der Waals surface area contributed by atoms with Crippen LogP contribution < -0.4 is 4.90 Å². The largest absolute Gasteiger partial charge is 0.461 e. The van der Waals surface area contributed by atoms with Gasteiger partial charge in [0.05, 0.1) is 25.8 Å². The molecule has 1 aromatic carbocycles. The van der Waals surface area contributed by atoms with Gasteiger partial charge in [0.25, 0.3) is 6.47 Å². The number of likely N-dealkylation sites (N-methyl/N-ethyl adjacent to an activating group) is 2. The topological polar surface area (TPSA) is 92.0 Å². The first-order valence-electron chi connectivity index (χ1n) is 9.78. The van der Waals surface area contributed by atoms with E-state index in [9.17, 15) is 9.18 Å². The summed E-state index contributed by atoms with van der Waals surface area (Å²) in [4.78, 5) is 22.0. The van der Waals surface area contributed by atoms with Gasteiger partial charge in [0, 0.05) is 43.5 Å². The van der Waals surface area contributed by atoms with Gasteiger partial charge in [-0.25, -0.2) is 4.39 Å². The summed E-state index contributed by atoms with van der Waals surface area (Å²) in [6.07, 6.45) is 1.89. The number of hydrogen-bond donors (Lipinski definition) is 0. The molecule has 0 N–H and O–H groups in total. The van der Waals surface area contributed by atoms with Gasteiger partial charge >= 0.3 is 0 Å². The number of oxime groups is 1. The summed E-state index contributed by atoms with van der Waals surface area (Å²) in [5.74, 6) is -0.370. The van der Waals surface area contributed by atoms with Crippen LogP contribution in [0.2, 0.25) is 0 Å². The van der Waals surface area contributed by atoms with Crippen LogP contribution in [-0.4, -0.2) is 69.1 Å². The molecular formula is C21H25FN6O3. The fraction of sp³-hybridized carbons (Fsp3) is 0.381. The molecule has 2 aromatic rings. The monoisotopic (exact) mass is 428 g/mol. The van der Waals surface area contributed by atoms with Gasteiger partial charge in [0.1, 0.15) is 24.2 Å². The number of aromatic nitrogens is 1. The number of carbonyl (C=O) groups excluding carboxylic acids is 1. The molecule has 0 fully saturated rings. The van der Waals surface area contributed by atoms with Crippen molar-refractivity contribution < 1.29 is 18.8 Å². The number of ether oxygens (including phenoxy) is 1. The standard InChI is InChI=1S/C21H25FN6O3/c1-23-26-28(3)13-17(30-14-29)12-27(2)16-5-6-18(19(22)10-16)15-4-7-20(24-11-15)21-8-9-31-25-21/h4-7,10-11,14,17H,8-9,12-13H2,1-3H3. The number of carbonyl (C=O) groups is 1. The van der Waals surface area contributed by atoms with E-state index >= 15 is 0 Å². The van der Waals surface area contributed by atoms with Crippen molar-refractivity contribution in [3.63, 3.8) is 0 Å². The van der Waals surface area contributed by atoms with Crippen LogP contribution in [-0.2, 0) is 14.4 Å². The number of pyridine rings is 1. The predicted octanol–water partition coefficient (Wildman–Crippen LogP) is 2.92. The molecular weight excluding hydrogens is 403 g/mol. The van der Waals surface area contributed by atoms with Gasteiger partial charge < -0.3 is 14.5 Å². The number of rotatable bonds is 10. The third-order valence-electron chi connectivity index (χ3n) is 4.80. The fourth-order valence-corrected chi connectivity index (χ4v) is 3.30. The third-order valence-corrected chi connectivity index (χ3v) is 4.80. The van der Waals surface area contributed by atoms with Gasteiger partial charge in [-0.3, -0.25) is 14.8 Å². The van der Waals surface area contributed by atoms with Gasteiger partial charge in [-0.1, -0.05) is 16.4 Å². The summed E-state index contributed by atoms with van der Waals surface area (Å²) < 4.78 is 20.0. The second-order valence-corrected chi connectivity index (χ2v) is 7.08. The lowest BCUT2D eigenvalue weighted by Crippen LogP contribution is -2.37. The zero-order valence-corrected chi connectivity index (χ0v) is 17.7. The van der Waals surface area contributed by atoms with Crippen molar-refractivity contribution in [2.75, 3.05) is 45.7 Å². The molecule has 164 valence electrons. The van der Waals surface area contributed by atoms with E-state index < -0.39 is 6.10 Å². The highest BCUT2D eigenvalue weighted by atomic mass is 19.1. The maximum absolute atomic E-state index is 14.9. The van der Waals surface area contributed by atoms with Crippen molar-refractivity contribution in [3.05, 3.63) is 48.0 Å². The Labute approximate surface area is 180 Å². The van der Waals surface area contributed by atoms with E-state index in [4.69, 9.17) is 9.57 Å². The van der Waals surface area contributed by atoms with E-state index in [1.54, 1.807) is 38.4 Å². The van der Waals surface area contributed by atoms with Gasteiger partial charge in [-0.2, -0.15) is 5.11 Å². The van der Waals surface area contributed by atoms with Crippen molar-refractivity contribution in [3.8, 4) is 11.1 Å². The Morgan fingerprint density at radius 2 is 2.13 bits per heavy atom. The average Bonchev–Trinajstić information content (AvgIpc) is 3.29. The summed E-state index contributed by atoms with van der Waals surface area (Å²) in [6, 6.07) is 8.60. The number of halogens is 1. The molecule has 0 saturated carbocycles. The van der Waals surface area contributed by atoms with Gasteiger partial charge in [0.2, 0.25) is 0 Å². The van der Waals surface area contributed by atoms with Crippen LogP contribution in [0.1, 0.15) is 12.1 Å². The first-order chi connectivity index (χ1) is 15.0. The molecule has 0 spiro atoms. The fourth-order valence-electron chi connectivity index (χ4n) is 3.30. The highest BCUT2D eigenvalue weighted by molar-refractivity contribution is 5.99. The summed E-state index contributed by atoms with van der Waals surface area (Å²) >= 11 is 0. The molecule has 9 nitrogen and oxygen atoms in total.